The molecule has 0 saturated heterocycles. The summed E-state index contributed by atoms with van der Waals surface area (Å²) in [5, 5.41) is 10.2. The van der Waals surface area contributed by atoms with Gasteiger partial charge in [0, 0.05) is 5.56 Å². The van der Waals surface area contributed by atoms with Crippen molar-refractivity contribution in [2.24, 2.45) is 0 Å². The minimum atomic E-state index is -4.74. The Bertz CT molecular complexity index is 469. The van der Waals surface area contributed by atoms with Gasteiger partial charge in [-0.15, -0.1) is 0 Å². The molecule has 114 valence electrons. The highest BCUT2D eigenvalue weighted by Crippen LogP contribution is 2.46. The molecule has 20 heavy (non-hydrogen) atoms. The predicted octanol–water partition coefficient (Wildman–Crippen LogP) is 4.25. The van der Waals surface area contributed by atoms with Gasteiger partial charge in [-0.05, 0) is 38.3 Å². The smallest absolute Gasteiger partial charge is 0.421 e. The molecule has 1 aromatic rings. The Balaban J connectivity index is 3.48. The molecule has 1 atom stereocenters. The van der Waals surface area contributed by atoms with E-state index in [-0.39, 0.29) is 11.3 Å². The first kappa shape index (κ1) is 16.8. The fourth-order valence-electron chi connectivity index (χ4n) is 2.20. The standard InChI is InChI=1S/C15H21F3O2/c1-5-7-20-13-11(4)8-10(3)9-12(13)14(19,6-2)15(16,17)18/h8-9,19H,5-7H2,1-4H3. The first-order chi connectivity index (χ1) is 9.17. The van der Waals surface area contributed by atoms with E-state index in [4.69, 9.17) is 4.74 Å². The Hall–Kier alpha value is -1.23. The van der Waals surface area contributed by atoms with Crippen molar-refractivity contribution in [1.82, 2.24) is 0 Å². The van der Waals surface area contributed by atoms with Gasteiger partial charge in [0.15, 0.2) is 5.60 Å². The van der Waals surface area contributed by atoms with Crippen LogP contribution in [0.1, 0.15) is 43.4 Å². The summed E-state index contributed by atoms with van der Waals surface area (Å²) in [7, 11) is 0. The van der Waals surface area contributed by atoms with Crippen LogP contribution in [0.3, 0.4) is 0 Å². The molecule has 0 aromatic heterocycles. The molecule has 0 heterocycles. The highest BCUT2D eigenvalue weighted by molar-refractivity contribution is 5.47. The first-order valence-corrected chi connectivity index (χ1v) is 6.71. The predicted molar refractivity (Wildman–Crippen MR) is 71.9 cm³/mol. The van der Waals surface area contributed by atoms with Gasteiger partial charge in [0.2, 0.25) is 0 Å². The fourth-order valence-corrected chi connectivity index (χ4v) is 2.20. The number of aryl methyl sites for hydroxylation is 2. The van der Waals surface area contributed by atoms with Crippen molar-refractivity contribution in [2.45, 2.75) is 52.3 Å². The van der Waals surface area contributed by atoms with Gasteiger partial charge >= 0.3 is 6.18 Å². The van der Waals surface area contributed by atoms with E-state index >= 15 is 0 Å². The first-order valence-electron chi connectivity index (χ1n) is 6.71. The molecule has 2 nitrogen and oxygen atoms in total. The van der Waals surface area contributed by atoms with E-state index < -0.39 is 18.2 Å². The number of alkyl halides is 3. The molecule has 5 heteroatoms. The molecule has 0 bridgehead atoms. The molecular formula is C15H21F3O2. The van der Waals surface area contributed by atoms with E-state index in [0.29, 0.717) is 24.2 Å². The minimum Gasteiger partial charge on any atom is -0.493 e. The number of halogens is 3. The molecule has 1 aromatic carbocycles. The van der Waals surface area contributed by atoms with Crippen LogP contribution in [-0.2, 0) is 5.60 Å². The molecule has 0 amide bonds. The molecule has 1 N–H and O–H groups in total. The van der Waals surface area contributed by atoms with Gasteiger partial charge < -0.3 is 9.84 Å². The summed E-state index contributed by atoms with van der Waals surface area (Å²) in [4.78, 5) is 0. The summed E-state index contributed by atoms with van der Waals surface area (Å²) in [6.07, 6.45) is -4.52. The molecule has 0 aliphatic carbocycles. The maximum atomic E-state index is 13.3. The highest BCUT2D eigenvalue weighted by Gasteiger charge is 2.55. The van der Waals surface area contributed by atoms with Crippen LogP contribution < -0.4 is 4.74 Å². The fraction of sp³-hybridized carbons (Fsp3) is 0.600. The van der Waals surface area contributed by atoms with Crippen LogP contribution >= 0.6 is 0 Å². The molecule has 0 aliphatic heterocycles. The molecule has 0 radical (unpaired) electrons. The molecular weight excluding hydrogens is 269 g/mol. The lowest BCUT2D eigenvalue weighted by Crippen LogP contribution is -2.42. The summed E-state index contributed by atoms with van der Waals surface area (Å²) in [5.74, 6) is 0.138. The van der Waals surface area contributed by atoms with E-state index in [0.717, 1.165) is 0 Å². The van der Waals surface area contributed by atoms with Crippen molar-refractivity contribution in [3.8, 4) is 5.75 Å². The van der Waals surface area contributed by atoms with Crippen LogP contribution in [0.4, 0.5) is 13.2 Å². The minimum absolute atomic E-state index is 0.138. The van der Waals surface area contributed by atoms with E-state index in [1.54, 1.807) is 19.9 Å². The van der Waals surface area contributed by atoms with Crippen molar-refractivity contribution in [2.75, 3.05) is 6.61 Å². The highest BCUT2D eigenvalue weighted by atomic mass is 19.4. The lowest BCUT2D eigenvalue weighted by molar-refractivity contribution is -0.268. The lowest BCUT2D eigenvalue weighted by Gasteiger charge is -2.32. The molecule has 1 rings (SSSR count). The van der Waals surface area contributed by atoms with Gasteiger partial charge in [-0.2, -0.15) is 13.2 Å². The van der Waals surface area contributed by atoms with Crippen molar-refractivity contribution in [1.29, 1.82) is 0 Å². The van der Waals surface area contributed by atoms with E-state index in [1.807, 2.05) is 6.92 Å². The van der Waals surface area contributed by atoms with Crippen LogP contribution in [0.2, 0.25) is 0 Å². The SMILES string of the molecule is CCCOc1c(C)cc(C)cc1C(O)(CC)C(F)(F)F. The van der Waals surface area contributed by atoms with Gasteiger partial charge in [-0.25, -0.2) is 0 Å². The van der Waals surface area contributed by atoms with Crippen LogP contribution in [0, 0.1) is 13.8 Å². The number of aliphatic hydroxyl groups is 1. The van der Waals surface area contributed by atoms with E-state index in [9.17, 15) is 18.3 Å². The zero-order valence-electron chi connectivity index (χ0n) is 12.3. The maximum Gasteiger partial charge on any atom is 0.421 e. The Kier molecular flexibility index (Phi) is 5.08. The summed E-state index contributed by atoms with van der Waals surface area (Å²) in [5.41, 5.74) is -1.81. The average Bonchev–Trinajstić information content (AvgIpc) is 2.34. The van der Waals surface area contributed by atoms with Crippen molar-refractivity contribution >= 4 is 0 Å². The summed E-state index contributed by atoms with van der Waals surface area (Å²) in [6.45, 7) is 6.89. The molecule has 0 aliphatic rings. The third-order valence-electron chi connectivity index (χ3n) is 3.30. The van der Waals surface area contributed by atoms with Crippen LogP contribution in [0.15, 0.2) is 12.1 Å². The number of ether oxygens (including phenoxy) is 1. The third-order valence-corrected chi connectivity index (χ3v) is 3.30. The van der Waals surface area contributed by atoms with Crippen molar-refractivity contribution in [3.63, 3.8) is 0 Å². The summed E-state index contributed by atoms with van der Waals surface area (Å²) >= 11 is 0. The van der Waals surface area contributed by atoms with E-state index in [1.165, 1.54) is 13.0 Å². The van der Waals surface area contributed by atoms with Crippen LogP contribution in [0.25, 0.3) is 0 Å². The normalized spacial score (nSPS) is 15.0. The second kappa shape index (κ2) is 6.04. The van der Waals surface area contributed by atoms with Gasteiger partial charge in [-0.1, -0.05) is 25.5 Å². The Morgan fingerprint density at radius 2 is 1.75 bits per heavy atom. The van der Waals surface area contributed by atoms with Crippen LogP contribution in [-0.4, -0.2) is 17.9 Å². The topological polar surface area (TPSA) is 29.5 Å². The zero-order chi connectivity index (χ0) is 15.6. The second-order valence-corrected chi connectivity index (χ2v) is 5.02. The van der Waals surface area contributed by atoms with Gasteiger partial charge in [0.05, 0.1) is 6.61 Å². The Labute approximate surface area is 117 Å². The third kappa shape index (κ3) is 3.08. The van der Waals surface area contributed by atoms with Crippen molar-refractivity contribution < 1.29 is 23.0 Å². The Morgan fingerprint density at radius 1 is 1.15 bits per heavy atom. The summed E-state index contributed by atoms with van der Waals surface area (Å²) < 4.78 is 45.2. The lowest BCUT2D eigenvalue weighted by atomic mass is 9.87. The number of rotatable bonds is 5. The number of hydrogen-bond donors (Lipinski definition) is 1. The monoisotopic (exact) mass is 290 g/mol. The zero-order valence-corrected chi connectivity index (χ0v) is 12.3. The van der Waals surface area contributed by atoms with E-state index in [2.05, 4.69) is 0 Å². The van der Waals surface area contributed by atoms with Gasteiger partial charge in [-0.3, -0.25) is 0 Å². The van der Waals surface area contributed by atoms with Crippen LogP contribution in [0.5, 0.6) is 5.75 Å². The second-order valence-electron chi connectivity index (χ2n) is 5.02. The number of benzene rings is 1. The molecule has 1 unspecified atom stereocenters. The molecule has 0 saturated carbocycles. The average molecular weight is 290 g/mol. The molecule has 0 spiro atoms. The number of hydrogen-bond acceptors (Lipinski definition) is 2. The largest absolute Gasteiger partial charge is 0.493 e. The quantitative estimate of drug-likeness (QED) is 0.878. The van der Waals surface area contributed by atoms with Crippen molar-refractivity contribution in [3.05, 3.63) is 28.8 Å². The van der Waals surface area contributed by atoms with Gasteiger partial charge in [0.25, 0.3) is 0 Å². The molecule has 0 fully saturated rings. The maximum absolute atomic E-state index is 13.3. The van der Waals surface area contributed by atoms with Gasteiger partial charge in [0.1, 0.15) is 5.75 Å². The Morgan fingerprint density at radius 3 is 2.20 bits per heavy atom. The summed E-state index contributed by atoms with van der Waals surface area (Å²) in [6, 6.07) is 3.11.